The van der Waals surface area contributed by atoms with Gasteiger partial charge in [0.25, 0.3) is 0 Å². The molecule has 0 radical (unpaired) electrons. The molecule has 1 N–H and O–H groups in total. The van der Waals surface area contributed by atoms with Crippen LogP contribution in [0.25, 0.3) is 0 Å². The Bertz CT molecular complexity index is 991. The first-order chi connectivity index (χ1) is 18.0. The lowest BCUT2D eigenvalue weighted by Gasteiger charge is -2.44. The van der Waals surface area contributed by atoms with Gasteiger partial charge >= 0.3 is 5.97 Å². The maximum Gasteiger partial charge on any atom is 0.320 e. The van der Waals surface area contributed by atoms with E-state index in [9.17, 15) is 14.7 Å². The zero-order valence-electron chi connectivity index (χ0n) is 23.5. The molecule has 0 bridgehead atoms. The van der Waals surface area contributed by atoms with E-state index in [1.54, 1.807) is 12.1 Å². The van der Waals surface area contributed by atoms with Crippen LogP contribution in [0.3, 0.4) is 0 Å². The maximum atomic E-state index is 15.0. The van der Waals surface area contributed by atoms with Crippen LogP contribution in [0.1, 0.15) is 84.1 Å². The molecule has 2 saturated heterocycles. The zero-order valence-corrected chi connectivity index (χ0v) is 24.2. The summed E-state index contributed by atoms with van der Waals surface area (Å²) < 4.78 is 15.0. The zero-order chi connectivity index (χ0) is 27.6. The molecule has 4 rings (SSSR count). The molecule has 2 heterocycles. The summed E-state index contributed by atoms with van der Waals surface area (Å²) in [6, 6.07) is 4.15. The Morgan fingerprint density at radius 1 is 1.08 bits per heavy atom. The van der Waals surface area contributed by atoms with E-state index < -0.39 is 12.0 Å². The number of aliphatic carboxylic acids is 1. The van der Waals surface area contributed by atoms with Gasteiger partial charge in [-0.15, -0.1) is 0 Å². The highest BCUT2D eigenvalue weighted by Crippen LogP contribution is 2.39. The molecule has 0 spiro atoms. The number of hydrogen-bond acceptors (Lipinski definition) is 4. The number of amides is 1. The molecule has 3 aliphatic rings. The van der Waals surface area contributed by atoms with Gasteiger partial charge in [-0.3, -0.25) is 19.4 Å². The molecule has 6 nitrogen and oxygen atoms in total. The number of carbonyl (C=O) groups is 2. The molecule has 8 heteroatoms. The van der Waals surface area contributed by atoms with Crippen LogP contribution >= 0.6 is 11.6 Å². The van der Waals surface area contributed by atoms with Gasteiger partial charge in [-0.1, -0.05) is 56.2 Å². The molecule has 1 aliphatic carbocycles. The average Bonchev–Trinajstić information content (AvgIpc) is 3.13. The van der Waals surface area contributed by atoms with E-state index in [1.165, 1.54) is 31.7 Å². The van der Waals surface area contributed by atoms with Gasteiger partial charge in [0.05, 0.1) is 5.92 Å². The number of benzene rings is 1. The van der Waals surface area contributed by atoms with Crippen LogP contribution in [-0.4, -0.2) is 82.0 Å². The van der Waals surface area contributed by atoms with Crippen LogP contribution in [-0.2, 0) is 9.59 Å². The monoisotopic (exact) mass is 549 g/mol. The van der Waals surface area contributed by atoms with Crippen LogP contribution in [0.15, 0.2) is 18.2 Å². The standard InChI is InChI=1S/C30H45ClFN3O3/c1-20-17-33(27(29(37)38)15-21-9-7-5-6-8-10-21)13-14-35(20)28(36)25-19-34(30(2,3)4)18-24(25)23-12-11-22(31)16-26(23)32/h11-12,16,20-21,24-25,27H,5-10,13-15,17-19H2,1-4H3,(H,37,38)/t20-,24-,25+,27-/m0/s1. The van der Waals surface area contributed by atoms with Crippen molar-refractivity contribution in [2.45, 2.75) is 96.2 Å². The van der Waals surface area contributed by atoms with Crippen molar-refractivity contribution in [2.75, 3.05) is 32.7 Å². The van der Waals surface area contributed by atoms with Gasteiger partial charge in [-0.2, -0.15) is 0 Å². The van der Waals surface area contributed by atoms with Gasteiger partial charge in [0.2, 0.25) is 5.91 Å². The Labute approximate surface area is 232 Å². The SMILES string of the molecule is C[C@H]1CN([C@@H](CC2CCCCCC2)C(=O)O)CCN1C(=O)[C@@H]1CN(C(C)(C)C)C[C@H]1c1ccc(Cl)cc1F. The third kappa shape index (κ3) is 6.71. The second kappa shape index (κ2) is 12.2. The third-order valence-electron chi connectivity index (χ3n) is 9.15. The lowest BCUT2D eigenvalue weighted by Crippen LogP contribution is -2.59. The molecular formula is C30H45ClFN3O3. The molecule has 1 saturated carbocycles. The summed E-state index contributed by atoms with van der Waals surface area (Å²) in [6.07, 6.45) is 7.81. The van der Waals surface area contributed by atoms with E-state index in [4.69, 9.17) is 11.6 Å². The van der Waals surface area contributed by atoms with Crippen LogP contribution in [0.5, 0.6) is 0 Å². The minimum Gasteiger partial charge on any atom is -0.480 e. The third-order valence-corrected chi connectivity index (χ3v) is 9.38. The Hall–Kier alpha value is -1.70. The number of carbonyl (C=O) groups excluding carboxylic acids is 1. The second-order valence-electron chi connectivity index (χ2n) is 12.8. The number of nitrogens with zero attached hydrogens (tertiary/aromatic N) is 3. The fourth-order valence-electron chi connectivity index (χ4n) is 6.85. The first kappa shape index (κ1) is 29.3. The first-order valence-electron chi connectivity index (χ1n) is 14.4. The molecule has 0 unspecified atom stereocenters. The fourth-order valence-corrected chi connectivity index (χ4v) is 7.01. The Kier molecular flexibility index (Phi) is 9.42. The van der Waals surface area contributed by atoms with Crippen molar-refractivity contribution in [3.63, 3.8) is 0 Å². The summed E-state index contributed by atoms with van der Waals surface area (Å²) in [5, 5.41) is 10.4. The minimum atomic E-state index is -0.754. The molecule has 2 aliphatic heterocycles. The van der Waals surface area contributed by atoms with Gasteiger partial charge in [-0.05, 0) is 57.7 Å². The quantitative estimate of drug-likeness (QED) is 0.465. The van der Waals surface area contributed by atoms with Gasteiger partial charge in [0, 0.05) is 55.2 Å². The van der Waals surface area contributed by atoms with Crippen molar-refractivity contribution < 1.29 is 19.1 Å². The molecule has 38 heavy (non-hydrogen) atoms. The smallest absolute Gasteiger partial charge is 0.320 e. The van der Waals surface area contributed by atoms with Crippen molar-refractivity contribution >= 4 is 23.5 Å². The highest BCUT2D eigenvalue weighted by molar-refractivity contribution is 6.30. The first-order valence-corrected chi connectivity index (χ1v) is 14.8. The summed E-state index contributed by atoms with van der Waals surface area (Å²) in [5.74, 6) is -1.23. The Morgan fingerprint density at radius 2 is 1.76 bits per heavy atom. The van der Waals surface area contributed by atoms with Crippen LogP contribution in [0, 0.1) is 17.7 Å². The highest BCUT2D eigenvalue weighted by Gasteiger charge is 2.46. The number of piperazine rings is 1. The van der Waals surface area contributed by atoms with E-state index in [2.05, 4.69) is 30.6 Å². The number of carboxylic acids is 1. The molecular weight excluding hydrogens is 505 g/mol. The molecule has 212 valence electrons. The summed E-state index contributed by atoms with van der Waals surface area (Å²) in [7, 11) is 0. The summed E-state index contributed by atoms with van der Waals surface area (Å²) in [6.45, 7) is 11.2. The van der Waals surface area contributed by atoms with Gasteiger partial charge in [0.15, 0.2) is 0 Å². The predicted molar refractivity (Wildman–Crippen MR) is 149 cm³/mol. The van der Waals surface area contributed by atoms with Gasteiger partial charge in [-0.25, -0.2) is 4.39 Å². The van der Waals surface area contributed by atoms with Gasteiger partial charge < -0.3 is 10.0 Å². The molecule has 3 fully saturated rings. The fraction of sp³-hybridized carbons (Fsp3) is 0.733. The van der Waals surface area contributed by atoms with Crippen molar-refractivity contribution in [1.29, 1.82) is 0 Å². The maximum absolute atomic E-state index is 15.0. The molecule has 1 aromatic carbocycles. The van der Waals surface area contributed by atoms with E-state index in [0.717, 1.165) is 12.8 Å². The minimum absolute atomic E-state index is 0.0406. The highest BCUT2D eigenvalue weighted by atomic mass is 35.5. The molecule has 0 aromatic heterocycles. The Morgan fingerprint density at radius 3 is 2.34 bits per heavy atom. The number of hydrogen-bond donors (Lipinski definition) is 1. The summed E-state index contributed by atoms with van der Waals surface area (Å²) in [4.78, 5) is 32.6. The topological polar surface area (TPSA) is 64.1 Å². The number of likely N-dealkylation sites (tertiary alicyclic amines) is 1. The molecule has 1 aromatic rings. The largest absolute Gasteiger partial charge is 0.480 e. The number of carboxylic acid groups (broad SMARTS) is 1. The predicted octanol–water partition coefficient (Wildman–Crippen LogP) is 5.64. The lowest BCUT2D eigenvalue weighted by molar-refractivity contribution is -0.147. The van der Waals surface area contributed by atoms with Gasteiger partial charge in [0.1, 0.15) is 11.9 Å². The molecule has 1 amide bonds. The Balaban J connectivity index is 1.48. The van der Waals surface area contributed by atoms with E-state index in [-0.39, 0.29) is 35.1 Å². The van der Waals surface area contributed by atoms with E-state index >= 15 is 4.39 Å². The summed E-state index contributed by atoms with van der Waals surface area (Å²) in [5.41, 5.74) is 0.396. The van der Waals surface area contributed by atoms with Crippen molar-refractivity contribution in [1.82, 2.24) is 14.7 Å². The normalized spacial score (nSPS) is 27.3. The second-order valence-corrected chi connectivity index (χ2v) is 13.2. The van der Waals surface area contributed by atoms with Crippen molar-refractivity contribution in [2.24, 2.45) is 11.8 Å². The lowest BCUT2D eigenvalue weighted by atomic mass is 9.87. The number of rotatable bonds is 6. The van der Waals surface area contributed by atoms with Crippen LogP contribution in [0.2, 0.25) is 5.02 Å². The average molecular weight is 550 g/mol. The van der Waals surface area contributed by atoms with Crippen molar-refractivity contribution in [3.8, 4) is 0 Å². The van der Waals surface area contributed by atoms with E-state index in [1.807, 2.05) is 11.8 Å². The number of halogens is 2. The van der Waals surface area contributed by atoms with E-state index in [0.29, 0.717) is 55.6 Å². The van der Waals surface area contributed by atoms with Crippen LogP contribution < -0.4 is 0 Å². The summed E-state index contributed by atoms with van der Waals surface area (Å²) >= 11 is 6.02. The van der Waals surface area contributed by atoms with Crippen molar-refractivity contribution in [3.05, 3.63) is 34.6 Å². The van der Waals surface area contributed by atoms with Crippen LogP contribution in [0.4, 0.5) is 4.39 Å². The molecule has 4 atom stereocenters.